The monoisotopic (exact) mass is 295 g/mol. The molecule has 2 saturated carbocycles. The molecule has 2 aliphatic rings. The molecule has 19 heavy (non-hydrogen) atoms. The third-order valence-corrected chi connectivity index (χ3v) is 5.80. The van der Waals surface area contributed by atoms with E-state index in [4.69, 9.17) is 11.6 Å². The minimum absolute atomic E-state index is 0.544. The zero-order valence-corrected chi connectivity index (χ0v) is 13.0. The van der Waals surface area contributed by atoms with Crippen molar-refractivity contribution < 1.29 is 0 Å². The number of thioether (sulfide) groups is 1. The van der Waals surface area contributed by atoms with Crippen LogP contribution in [0.4, 0.5) is 0 Å². The van der Waals surface area contributed by atoms with Crippen molar-refractivity contribution in [3.8, 4) is 0 Å². The molecule has 3 heteroatoms. The fourth-order valence-corrected chi connectivity index (χ4v) is 4.09. The van der Waals surface area contributed by atoms with E-state index in [1.54, 1.807) is 0 Å². The highest BCUT2D eigenvalue weighted by atomic mass is 35.5. The SMILES string of the molecule is CSC1CCC(NC(c2ccc(Cl)cc2)C2CC2)C1. The Morgan fingerprint density at radius 2 is 1.89 bits per heavy atom. The molecule has 0 radical (unpaired) electrons. The summed E-state index contributed by atoms with van der Waals surface area (Å²) in [5, 5.41) is 5.62. The second-order valence-electron chi connectivity index (χ2n) is 5.90. The summed E-state index contributed by atoms with van der Waals surface area (Å²) in [6.07, 6.45) is 9.03. The predicted molar refractivity (Wildman–Crippen MR) is 85.0 cm³/mol. The van der Waals surface area contributed by atoms with Crippen molar-refractivity contribution in [2.75, 3.05) is 6.26 Å². The van der Waals surface area contributed by atoms with Gasteiger partial charge >= 0.3 is 0 Å². The molecule has 104 valence electrons. The molecule has 3 rings (SSSR count). The van der Waals surface area contributed by atoms with Gasteiger partial charge in [0.25, 0.3) is 0 Å². The normalized spacial score (nSPS) is 28.5. The largest absolute Gasteiger partial charge is 0.307 e. The highest BCUT2D eigenvalue weighted by Crippen LogP contribution is 2.42. The number of hydrogen-bond donors (Lipinski definition) is 1. The zero-order chi connectivity index (χ0) is 13.2. The van der Waals surface area contributed by atoms with Crippen molar-refractivity contribution in [3.05, 3.63) is 34.9 Å². The van der Waals surface area contributed by atoms with Crippen LogP contribution in [0.25, 0.3) is 0 Å². The zero-order valence-electron chi connectivity index (χ0n) is 11.4. The summed E-state index contributed by atoms with van der Waals surface area (Å²) in [6, 6.07) is 9.68. The van der Waals surface area contributed by atoms with E-state index in [0.717, 1.165) is 16.2 Å². The molecule has 0 amide bonds. The van der Waals surface area contributed by atoms with E-state index < -0.39 is 0 Å². The lowest BCUT2D eigenvalue weighted by molar-refractivity contribution is 0.406. The first kappa shape index (κ1) is 13.8. The van der Waals surface area contributed by atoms with Gasteiger partial charge in [-0.3, -0.25) is 0 Å². The fraction of sp³-hybridized carbons (Fsp3) is 0.625. The van der Waals surface area contributed by atoms with Crippen LogP contribution in [0.15, 0.2) is 24.3 Å². The Bertz CT molecular complexity index is 415. The molecular formula is C16H22ClNS. The van der Waals surface area contributed by atoms with Crippen LogP contribution in [0.2, 0.25) is 5.02 Å². The van der Waals surface area contributed by atoms with E-state index in [2.05, 4.69) is 23.7 Å². The van der Waals surface area contributed by atoms with Crippen LogP contribution in [0.3, 0.4) is 0 Å². The van der Waals surface area contributed by atoms with Crippen LogP contribution in [0, 0.1) is 5.92 Å². The first-order valence-electron chi connectivity index (χ1n) is 7.30. The maximum atomic E-state index is 6.00. The summed E-state index contributed by atoms with van der Waals surface area (Å²) in [5.41, 5.74) is 1.42. The lowest BCUT2D eigenvalue weighted by Crippen LogP contribution is -2.32. The van der Waals surface area contributed by atoms with Crippen molar-refractivity contribution in [3.63, 3.8) is 0 Å². The van der Waals surface area contributed by atoms with Gasteiger partial charge < -0.3 is 5.32 Å². The first-order valence-corrected chi connectivity index (χ1v) is 8.97. The molecule has 3 atom stereocenters. The van der Waals surface area contributed by atoms with E-state index in [9.17, 15) is 0 Å². The number of benzene rings is 1. The Kier molecular flexibility index (Phi) is 4.40. The van der Waals surface area contributed by atoms with Gasteiger partial charge in [-0.15, -0.1) is 0 Å². The smallest absolute Gasteiger partial charge is 0.0406 e. The number of nitrogens with one attached hydrogen (secondary N) is 1. The molecule has 0 saturated heterocycles. The summed E-state index contributed by atoms with van der Waals surface area (Å²) in [5.74, 6) is 0.842. The highest BCUT2D eigenvalue weighted by molar-refractivity contribution is 7.99. The van der Waals surface area contributed by atoms with Gasteiger partial charge in [0, 0.05) is 22.4 Å². The minimum atomic E-state index is 0.544. The summed E-state index contributed by atoms with van der Waals surface area (Å²) in [6.45, 7) is 0. The van der Waals surface area contributed by atoms with Crippen molar-refractivity contribution in [2.24, 2.45) is 5.92 Å². The molecule has 0 spiro atoms. The Balaban J connectivity index is 1.66. The molecule has 0 bridgehead atoms. The molecule has 3 unspecified atom stereocenters. The van der Waals surface area contributed by atoms with Crippen LogP contribution in [-0.2, 0) is 0 Å². The number of hydrogen-bond acceptors (Lipinski definition) is 2. The quantitative estimate of drug-likeness (QED) is 0.847. The average molecular weight is 296 g/mol. The van der Waals surface area contributed by atoms with Gasteiger partial charge in [0.2, 0.25) is 0 Å². The third kappa shape index (κ3) is 3.48. The Morgan fingerprint density at radius 1 is 1.16 bits per heavy atom. The van der Waals surface area contributed by atoms with Gasteiger partial charge in [-0.2, -0.15) is 11.8 Å². The molecule has 1 N–H and O–H groups in total. The molecule has 2 aliphatic carbocycles. The molecule has 0 heterocycles. The molecule has 1 aromatic rings. The van der Waals surface area contributed by atoms with Crippen LogP contribution in [0.5, 0.6) is 0 Å². The Morgan fingerprint density at radius 3 is 2.47 bits per heavy atom. The molecule has 1 nitrogen and oxygen atoms in total. The molecule has 2 fully saturated rings. The minimum Gasteiger partial charge on any atom is -0.307 e. The number of rotatable bonds is 5. The fourth-order valence-electron chi connectivity index (χ4n) is 3.16. The van der Waals surface area contributed by atoms with E-state index in [1.165, 1.54) is 37.7 Å². The topological polar surface area (TPSA) is 12.0 Å². The molecule has 1 aromatic carbocycles. The van der Waals surface area contributed by atoms with E-state index in [0.29, 0.717) is 12.1 Å². The van der Waals surface area contributed by atoms with Crippen molar-refractivity contribution in [1.82, 2.24) is 5.32 Å². The van der Waals surface area contributed by atoms with Crippen LogP contribution < -0.4 is 5.32 Å². The van der Waals surface area contributed by atoms with Crippen molar-refractivity contribution >= 4 is 23.4 Å². The van der Waals surface area contributed by atoms with Gasteiger partial charge in [-0.05, 0) is 62.0 Å². The van der Waals surface area contributed by atoms with Crippen molar-refractivity contribution in [2.45, 2.75) is 49.4 Å². The molecule has 0 aromatic heterocycles. The van der Waals surface area contributed by atoms with Crippen molar-refractivity contribution in [1.29, 1.82) is 0 Å². The van der Waals surface area contributed by atoms with E-state index >= 15 is 0 Å². The van der Waals surface area contributed by atoms with Gasteiger partial charge in [-0.1, -0.05) is 23.7 Å². The second-order valence-corrected chi connectivity index (χ2v) is 7.48. The summed E-state index contributed by atoms with van der Waals surface area (Å²) in [7, 11) is 0. The second kappa shape index (κ2) is 6.07. The summed E-state index contributed by atoms with van der Waals surface area (Å²) >= 11 is 8.02. The lowest BCUT2D eigenvalue weighted by atomic mass is 10.0. The summed E-state index contributed by atoms with van der Waals surface area (Å²) < 4.78 is 0. The van der Waals surface area contributed by atoms with Gasteiger partial charge in [0.15, 0.2) is 0 Å². The Labute approximate surface area is 125 Å². The van der Waals surface area contributed by atoms with Gasteiger partial charge in [0.1, 0.15) is 0 Å². The average Bonchev–Trinajstić information content (AvgIpc) is 3.17. The van der Waals surface area contributed by atoms with Crippen LogP contribution >= 0.6 is 23.4 Å². The van der Waals surface area contributed by atoms with Crippen LogP contribution in [-0.4, -0.2) is 17.5 Å². The number of halogens is 1. The third-order valence-electron chi connectivity index (χ3n) is 4.46. The maximum absolute atomic E-state index is 6.00. The molecular weight excluding hydrogens is 274 g/mol. The van der Waals surface area contributed by atoms with E-state index in [1.807, 2.05) is 23.9 Å². The van der Waals surface area contributed by atoms with Crippen LogP contribution in [0.1, 0.15) is 43.7 Å². The maximum Gasteiger partial charge on any atom is 0.0406 e. The lowest BCUT2D eigenvalue weighted by Gasteiger charge is -2.23. The summed E-state index contributed by atoms with van der Waals surface area (Å²) in [4.78, 5) is 0. The predicted octanol–water partition coefficient (Wildman–Crippen LogP) is 4.66. The van der Waals surface area contributed by atoms with Gasteiger partial charge in [-0.25, -0.2) is 0 Å². The Hall–Kier alpha value is -0.180. The van der Waals surface area contributed by atoms with Gasteiger partial charge in [0.05, 0.1) is 0 Å². The highest BCUT2D eigenvalue weighted by Gasteiger charge is 2.35. The van der Waals surface area contributed by atoms with E-state index in [-0.39, 0.29) is 0 Å². The molecule has 0 aliphatic heterocycles. The standard InChI is InChI=1S/C16H22ClNS/c1-19-15-9-8-14(10-15)18-16(11-2-3-11)12-4-6-13(17)7-5-12/h4-7,11,14-16,18H,2-3,8-10H2,1H3. The first-order chi connectivity index (χ1) is 9.26.